The van der Waals surface area contributed by atoms with Crippen molar-refractivity contribution in [2.45, 2.75) is 33.1 Å². The molecule has 2 unspecified atom stereocenters. The molecule has 2 saturated carbocycles. The Labute approximate surface area is 91.7 Å². The van der Waals surface area contributed by atoms with E-state index in [2.05, 4.69) is 13.8 Å². The molecule has 82 valence electrons. The van der Waals surface area contributed by atoms with Gasteiger partial charge in [-0.2, -0.15) is 11.8 Å². The maximum absolute atomic E-state index is 8.78. The number of thioether (sulfide) groups is 1. The third-order valence-electron chi connectivity index (χ3n) is 4.58. The second kappa shape index (κ2) is 4.05. The highest BCUT2D eigenvalue weighted by Crippen LogP contribution is 2.59. The van der Waals surface area contributed by atoms with Crippen molar-refractivity contribution in [2.24, 2.45) is 23.2 Å². The van der Waals surface area contributed by atoms with Gasteiger partial charge in [-0.15, -0.1) is 0 Å². The van der Waals surface area contributed by atoms with Gasteiger partial charge in [-0.05, 0) is 48.2 Å². The van der Waals surface area contributed by atoms with Crippen molar-refractivity contribution in [3.8, 4) is 0 Å². The average molecular weight is 214 g/mol. The lowest BCUT2D eigenvalue weighted by molar-refractivity contribution is 0.141. The number of hydrogen-bond acceptors (Lipinski definition) is 2. The predicted octanol–water partition coefficient (Wildman–Crippen LogP) is 2.78. The number of aliphatic hydroxyl groups excluding tert-OH is 1. The van der Waals surface area contributed by atoms with Gasteiger partial charge in [0.05, 0.1) is 6.61 Å². The molecule has 0 spiro atoms. The molecule has 1 nitrogen and oxygen atoms in total. The van der Waals surface area contributed by atoms with Crippen molar-refractivity contribution in [3.05, 3.63) is 0 Å². The Balaban J connectivity index is 1.91. The Morgan fingerprint density at radius 3 is 2.71 bits per heavy atom. The van der Waals surface area contributed by atoms with E-state index < -0.39 is 0 Å². The second-order valence-corrected chi connectivity index (χ2v) is 6.65. The van der Waals surface area contributed by atoms with Crippen LogP contribution in [0.15, 0.2) is 0 Å². The Morgan fingerprint density at radius 1 is 1.36 bits per heavy atom. The average Bonchev–Trinajstić information content (AvgIpc) is 2.67. The topological polar surface area (TPSA) is 20.2 Å². The number of rotatable bonds is 4. The second-order valence-electron chi connectivity index (χ2n) is 5.50. The molecule has 0 radical (unpaired) electrons. The van der Waals surface area contributed by atoms with Crippen LogP contribution in [0.4, 0.5) is 0 Å². The lowest BCUT2D eigenvalue weighted by Gasteiger charge is -2.38. The summed E-state index contributed by atoms with van der Waals surface area (Å²) < 4.78 is 0. The summed E-state index contributed by atoms with van der Waals surface area (Å²) in [5.41, 5.74) is 0.575. The summed E-state index contributed by atoms with van der Waals surface area (Å²) in [6.07, 6.45) is 4.43. The van der Waals surface area contributed by atoms with Crippen molar-refractivity contribution < 1.29 is 5.11 Å². The first kappa shape index (κ1) is 10.8. The van der Waals surface area contributed by atoms with Crippen LogP contribution in [-0.2, 0) is 0 Å². The normalized spacial score (nSPS) is 39.2. The molecule has 2 aliphatic rings. The smallest absolute Gasteiger partial charge is 0.0521 e. The molecule has 3 atom stereocenters. The largest absolute Gasteiger partial charge is 0.396 e. The van der Waals surface area contributed by atoms with Crippen molar-refractivity contribution in [1.82, 2.24) is 0 Å². The van der Waals surface area contributed by atoms with E-state index in [1.807, 2.05) is 11.8 Å². The van der Waals surface area contributed by atoms with Gasteiger partial charge >= 0.3 is 0 Å². The van der Waals surface area contributed by atoms with Gasteiger partial charge in [-0.25, -0.2) is 0 Å². The van der Waals surface area contributed by atoms with Gasteiger partial charge < -0.3 is 5.11 Å². The van der Waals surface area contributed by atoms with Crippen LogP contribution in [0.1, 0.15) is 33.1 Å². The molecule has 0 aromatic heterocycles. The van der Waals surface area contributed by atoms with E-state index in [1.54, 1.807) is 0 Å². The summed E-state index contributed by atoms with van der Waals surface area (Å²) in [4.78, 5) is 0. The number of hydrogen-bond donors (Lipinski definition) is 1. The number of aliphatic hydroxyl groups is 1. The Hall–Kier alpha value is 0.310. The standard InChI is InChI=1S/C12H22OS/c1-12(2)10-4-3-9(7-10)11(12)8-14-6-5-13/h9-11,13H,3-8H2,1-2H3/t9?,10?,11-/m0/s1. The molecule has 2 heteroatoms. The summed E-state index contributed by atoms with van der Waals surface area (Å²) >= 11 is 1.94. The molecule has 1 N–H and O–H groups in total. The monoisotopic (exact) mass is 214 g/mol. The van der Waals surface area contributed by atoms with Gasteiger partial charge in [0.15, 0.2) is 0 Å². The highest BCUT2D eigenvalue weighted by molar-refractivity contribution is 7.99. The molecular weight excluding hydrogens is 192 g/mol. The molecule has 2 bridgehead atoms. The van der Waals surface area contributed by atoms with Gasteiger partial charge in [0.25, 0.3) is 0 Å². The Bertz CT molecular complexity index is 202. The summed E-state index contributed by atoms with van der Waals surface area (Å²) in [7, 11) is 0. The zero-order valence-corrected chi connectivity index (χ0v) is 10.1. The lowest BCUT2D eigenvalue weighted by atomic mass is 9.69. The zero-order valence-electron chi connectivity index (χ0n) is 9.33. The summed E-state index contributed by atoms with van der Waals surface area (Å²) in [5.74, 6) is 5.10. The Morgan fingerprint density at radius 2 is 2.14 bits per heavy atom. The Kier molecular flexibility index (Phi) is 3.13. The van der Waals surface area contributed by atoms with E-state index in [1.165, 1.54) is 25.0 Å². The summed E-state index contributed by atoms with van der Waals surface area (Å²) in [6.45, 7) is 5.26. The first-order valence-corrected chi connectivity index (χ1v) is 7.00. The van der Waals surface area contributed by atoms with Gasteiger partial charge in [0, 0.05) is 5.75 Å². The molecule has 0 aromatic rings. The summed E-state index contributed by atoms with van der Waals surface area (Å²) in [6, 6.07) is 0. The van der Waals surface area contributed by atoms with Crippen LogP contribution >= 0.6 is 11.8 Å². The zero-order chi connectivity index (χ0) is 10.2. The van der Waals surface area contributed by atoms with Crippen LogP contribution in [0.3, 0.4) is 0 Å². The highest BCUT2D eigenvalue weighted by Gasteiger charge is 2.51. The minimum atomic E-state index is 0.339. The number of fused-ring (bicyclic) bond motifs is 2. The first-order valence-electron chi connectivity index (χ1n) is 5.85. The van der Waals surface area contributed by atoms with Gasteiger partial charge in [-0.1, -0.05) is 13.8 Å². The first-order chi connectivity index (χ1) is 6.66. The molecule has 0 saturated heterocycles. The van der Waals surface area contributed by atoms with Crippen LogP contribution in [0.25, 0.3) is 0 Å². The van der Waals surface area contributed by atoms with E-state index in [9.17, 15) is 0 Å². The molecule has 14 heavy (non-hydrogen) atoms. The maximum atomic E-state index is 8.78. The molecule has 2 rings (SSSR count). The van der Waals surface area contributed by atoms with Crippen LogP contribution in [0.5, 0.6) is 0 Å². The molecule has 2 fully saturated rings. The fraction of sp³-hybridized carbons (Fsp3) is 1.00. The third-order valence-corrected chi connectivity index (χ3v) is 5.65. The van der Waals surface area contributed by atoms with Crippen molar-refractivity contribution in [1.29, 1.82) is 0 Å². The summed E-state index contributed by atoms with van der Waals surface area (Å²) in [5, 5.41) is 8.78. The fourth-order valence-corrected chi connectivity index (χ4v) is 4.84. The molecule has 0 amide bonds. The van der Waals surface area contributed by atoms with Crippen LogP contribution in [0.2, 0.25) is 0 Å². The maximum Gasteiger partial charge on any atom is 0.0521 e. The van der Waals surface area contributed by atoms with Crippen molar-refractivity contribution >= 4 is 11.8 Å². The van der Waals surface area contributed by atoms with Crippen molar-refractivity contribution in [3.63, 3.8) is 0 Å². The van der Waals surface area contributed by atoms with E-state index in [4.69, 9.17) is 5.11 Å². The van der Waals surface area contributed by atoms with Crippen LogP contribution in [-0.4, -0.2) is 23.2 Å². The minimum Gasteiger partial charge on any atom is -0.396 e. The van der Waals surface area contributed by atoms with Gasteiger partial charge in [-0.3, -0.25) is 0 Å². The van der Waals surface area contributed by atoms with Crippen LogP contribution in [0, 0.1) is 23.2 Å². The quantitative estimate of drug-likeness (QED) is 0.726. The third kappa shape index (κ3) is 1.71. The minimum absolute atomic E-state index is 0.339. The van der Waals surface area contributed by atoms with Crippen LogP contribution < -0.4 is 0 Å². The van der Waals surface area contributed by atoms with E-state index in [0.717, 1.165) is 23.5 Å². The highest BCUT2D eigenvalue weighted by atomic mass is 32.2. The van der Waals surface area contributed by atoms with Gasteiger partial charge in [0.1, 0.15) is 0 Å². The molecule has 0 aromatic carbocycles. The van der Waals surface area contributed by atoms with Crippen molar-refractivity contribution in [2.75, 3.05) is 18.1 Å². The molecule has 2 aliphatic carbocycles. The van der Waals surface area contributed by atoms with E-state index >= 15 is 0 Å². The van der Waals surface area contributed by atoms with Gasteiger partial charge in [0.2, 0.25) is 0 Å². The molecule has 0 aliphatic heterocycles. The lowest BCUT2D eigenvalue weighted by Crippen LogP contribution is -2.32. The fourth-order valence-electron chi connectivity index (χ4n) is 3.59. The van der Waals surface area contributed by atoms with E-state index in [-0.39, 0.29) is 0 Å². The van der Waals surface area contributed by atoms with E-state index in [0.29, 0.717) is 12.0 Å². The molecular formula is C12H22OS. The predicted molar refractivity (Wildman–Crippen MR) is 62.5 cm³/mol. The SMILES string of the molecule is CC1(C)C2CCC(C2)[C@@H]1CSCCO. The molecule has 0 heterocycles.